The fourth-order valence-electron chi connectivity index (χ4n) is 2.26. The number of likely N-dealkylation sites (tertiary alicyclic amines) is 1. The molecule has 1 amide bonds. The van der Waals surface area contributed by atoms with Gasteiger partial charge in [0.25, 0.3) is 0 Å². The molecule has 1 aliphatic rings. The van der Waals surface area contributed by atoms with Gasteiger partial charge >= 0.3 is 12.1 Å². The summed E-state index contributed by atoms with van der Waals surface area (Å²) in [6.45, 7) is 4.23. The quantitative estimate of drug-likeness (QED) is 0.766. The Balaban J connectivity index is 2.56. The summed E-state index contributed by atoms with van der Waals surface area (Å²) < 4.78 is 4.55. The summed E-state index contributed by atoms with van der Waals surface area (Å²) >= 11 is 0. The topological polar surface area (TPSA) is 78.9 Å². The van der Waals surface area contributed by atoms with Gasteiger partial charge in [-0.3, -0.25) is 4.79 Å². The lowest BCUT2D eigenvalue weighted by Crippen LogP contribution is -2.52. The number of piperidine rings is 1. The molecule has 0 aromatic carbocycles. The number of carboxylic acids is 1. The molecule has 1 fully saturated rings. The highest BCUT2D eigenvalue weighted by Gasteiger charge is 2.32. The molecule has 0 spiro atoms. The van der Waals surface area contributed by atoms with Crippen molar-refractivity contribution in [3.63, 3.8) is 0 Å². The van der Waals surface area contributed by atoms with E-state index in [4.69, 9.17) is 5.11 Å². The largest absolute Gasteiger partial charge is 0.481 e. The number of methoxy groups -OCH3 is 1. The molecule has 0 bridgehead atoms. The number of aliphatic carboxylic acids is 1. The molecule has 104 valence electrons. The highest BCUT2D eigenvalue weighted by Crippen LogP contribution is 2.18. The van der Waals surface area contributed by atoms with Crippen molar-refractivity contribution in [2.24, 2.45) is 5.92 Å². The molecule has 2 N–H and O–H groups in total. The summed E-state index contributed by atoms with van der Waals surface area (Å²) in [7, 11) is 1.31. The first kappa shape index (κ1) is 14.8. The zero-order chi connectivity index (χ0) is 13.5. The molecule has 1 rings (SSSR count). The maximum absolute atomic E-state index is 11.2. The van der Waals surface area contributed by atoms with Crippen molar-refractivity contribution < 1.29 is 19.4 Å². The molecule has 2 unspecified atom stereocenters. The third-order valence-corrected chi connectivity index (χ3v) is 3.21. The number of carbonyl (C=O) groups excluding carboxylic acids is 1. The first-order valence-corrected chi connectivity index (χ1v) is 6.36. The first-order chi connectivity index (χ1) is 8.56. The van der Waals surface area contributed by atoms with Gasteiger partial charge in [0.1, 0.15) is 0 Å². The van der Waals surface area contributed by atoms with Gasteiger partial charge in [-0.1, -0.05) is 13.3 Å². The molecule has 0 aromatic rings. The van der Waals surface area contributed by atoms with Crippen molar-refractivity contribution in [2.75, 3.05) is 26.7 Å². The minimum Gasteiger partial charge on any atom is -0.481 e. The van der Waals surface area contributed by atoms with Gasteiger partial charge in [0.2, 0.25) is 0 Å². The molecule has 6 heteroatoms. The zero-order valence-corrected chi connectivity index (χ0v) is 11.0. The Bertz CT molecular complexity index is 296. The number of nitrogens with zero attached hydrogens (tertiary/aromatic N) is 1. The number of carbonyl (C=O) groups is 2. The number of carboxylic acid groups (broad SMARTS) is 1. The second kappa shape index (κ2) is 7.20. The molecule has 1 saturated heterocycles. The van der Waals surface area contributed by atoms with Crippen LogP contribution in [0, 0.1) is 5.92 Å². The Morgan fingerprint density at radius 3 is 2.72 bits per heavy atom. The number of hydrogen-bond acceptors (Lipinski definition) is 4. The van der Waals surface area contributed by atoms with Gasteiger partial charge in [-0.2, -0.15) is 0 Å². The van der Waals surface area contributed by atoms with Crippen LogP contribution in [-0.4, -0.2) is 54.9 Å². The molecule has 0 saturated carbocycles. The van der Waals surface area contributed by atoms with Crippen LogP contribution >= 0.6 is 0 Å². The van der Waals surface area contributed by atoms with Crippen LogP contribution in [-0.2, 0) is 9.53 Å². The SMILES string of the molecule is CCCCN1CC(NC(=O)OC)CC(C(=O)O)C1. The van der Waals surface area contributed by atoms with E-state index in [2.05, 4.69) is 21.9 Å². The fourth-order valence-corrected chi connectivity index (χ4v) is 2.26. The minimum atomic E-state index is -0.798. The van der Waals surface area contributed by atoms with Crippen LogP contribution < -0.4 is 5.32 Å². The van der Waals surface area contributed by atoms with Gasteiger partial charge in [-0.05, 0) is 19.4 Å². The van der Waals surface area contributed by atoms with Gasteiger partial charge in [0, 0.05) is 19.1 Å². The lowest BCUT2D eigenvalue weighted by molar-refractivity contribution is -0.144. The lowest BCUT2D eigenvalue weighted by atomic mass is 9.94. The van der Waals surface area contributed by atoms with Crippen molar-refractivity contribution in [3.05, 3.63) is 0 Å². The molecule has 0 aliphatic carbocycles. The lowest BCUT2D eigenvalue weighted by Gasteiger charge is -2.36. The van der Waals surface area contributed by atoms with E-state index in [1.54, 1.807) is 0 Å². The average Bonchev–Trinajstić information content (AvgIpc) is 2.35. The Morgan fingerprint density at radius 2 is 2.17 bits per heavy atom. The minimum absolute atomic E-state index is 0.149. The van der Waals surface area contributed by atoms with E-state index in [1.807, 2.05) is 0 Å². The van der Waals surface area contributed by atoms with E-state index in [0.29, 0.717) is 19.5 Å². The van der Waals surface area contributed by atoms with E-state index in [0.717, 1.165) is 19.4 Å². The standard InChI is InChI=1S/C12H22N2O4/c1-3-4-5-14-7-9(11(15)16)6-10(8-14)13-12(17)18-2/h9-10H,3-8H2,1-2H3,(H,13,17)(H,15,16). The van der Waals surface area contributed by atoms with Crippen LogP contribution in [0.5, 0.6) is 0 Å². The molecule has 18 heavy (non-hydrogen) atoms. The summed E-state index contributed by atoms with van der Waals surface area (Å²) in [4.78, 5) is 24.4. The smallest absolute Gasteiger partial charge is 0.407 e. The molecule has 0 aromatic heterocycles. The van der Waals surface area contributed by atoms with Crippen molar-refractivity contribution >= 4 is 12.1 Å². The van der Waals surface area contributed by atoms with Crippen LogP contribution in [0.15, 0.2) is 0 Å². The molecular weight excluding hydrogens is 236 g/mol. The Kier molecular flexibility index (Phi) is 5.91. The molecule has 2 atom stereocenters. The summed E-state index contributed by atoms with van der Waals surface area (Å²) in [5.41, 5.74) is 0. The van der Waals surface area contributed by atoms with Gasteiger partial charge in [-0.15, -0.1) is 0 Å². The Hall–Kier alpha value is -1.30. The second-order valence-electron chi connectivity index (χ2n) is 4.72. The summed E-state index contributed by atoms with van der Waals surface area (Å²) in [5, 5.41) is 11.8. The molecule has 6 nitrogen and oxygen atoms in total. The van der Waals surface area contributed by atoms with Gasteiger partial charge in [-0.25, -0.2) is 4.79 Å². The predicted octanol–water partition coefficient (Wildman–Crippen LogP) is 0.918. The highest BCUT2D eigenvalue weighted by atomic mass is 16.5. The number of hydrogen-bond donors (Lipinski definition) is 2. The molecule has 1 heterocycles. The van der Waals surface area contributed by atoms with Crippen molar-refractivity contribution in [1.29, 1.82) is 0 Å². The van der Waals surface area contributed by atoms with E-state index in [1.165, 1.54) is 7.11 Å². The van der Waals surface area contributed by atoms with Crippen molar-refractivity contribution in [2.45, 2.75) is 32.2 Å². The number of nitrogens with one attached hydrogen (secondary N) is 1. The normalized spacial score (nSPS) is 24.6. The van der Waals surface area contributed by atoms with Crippen LogP contribution in [0.2, 0.25) is 0 Å². The fraction of sp³-hybridized carbons (Fsp3) is 0.833. The predicted molar refractivity (Wildman–Crippen MR) is 66.4 cm³/mol. The number of alkyl carbamates (subject to hydrolysis) is 1. The maximum Gasteiger partial charge on any atom is 0.407 e. The summed E-state index contributed by atoms with van der Waals surface area (Å²) in [6.07, 6.45) is 2.08. The van der Waals surface area contributed by atoms with E-state index in [9.17, 15) is 9.59 Å². The van der Waals surface area contributed by atoms with Crippen molar-refractivity contribution in [1.82, 2.24) is 10.2 Å². The van der Waals surface area contributed by atoms with Crippen molar-refractivity contribution in [3.8, 4) is 0 Å². The van der Waals surface area contributed by atoms with Gasteiger partial charge in [0.05, 0.1) is 13.0 Å². The number of rotatable bonds is 5. The molecule has 0 radical (unpaired) electrons. The van der Waals surface area contributed by atoms with Gasteiger partial charge < -0.3 is 20.1 Å². The summed E-state index contributed by atoms with van der Waals surface area (Å²) in [5.74, 6) is -1.22. The Morgan fingerprint density at radius 1 is 1.44 bits per heavy atom. The first-order valence-electron chi connectivity index (χ1n) is 6.36. The Labute approximate surface area is 107 Å². The van der Waals surface area contributed by atoms with Gasteiger partial charge in [0.15, 0.2) is 0 Å². The summed E-state index contributed by atoms with van der Waals surface area (Å²) in [6, 6.07) is -0.149. The van der Waals surface area contributed by atoms with E-state index >= 15 is 0 Å². The molecular formula is C12H22N2O4. The third kappa shape index (κ3) is 4.52. The highest BCUT2D eigenvalue weighted by molar-refractivity contribution is 5.71. The maximum atomic E-state index is 11.2. The average molecular weight is 258 g/mol. The monoisotopic (exact) mass is 258 g/mol. The third-order valence-electron chi connectivity index (χ3n) is 3.21. The van der Waals surface area contributed by atoms with E-state index in [-0.39, 0.29) is 6.04 Å². The second-order valence-corrected chi connectivity index (χ2v) is 4.72. The number of ether oxygens (including phenoxy) is 1. The van der Waals surface area contributed by atoms with Crippen LogP contribution in [0.25, 0.3) is 0 Å². The van der Waals surface area contributed by atoms with Crippen LogP contribution in [0.3, 0.4) is 0 Å². The van der Waals surface area contributed by atoms with E-state index < -0.39 is 18.0 Å². The number of amides is 1. The van der Waals surface area contributed by atoms with Crippen LogP contribution in [0.1, 0.15) is 26.2 Å². The number of unbranched alkanes of at least 4 members (excludes halogenated alkanes) is 1. The van der Waals surface area contributed by atoms with Crippen LogP contribution in [0.4, 0.5) is 4.79 Å². The molecule has 1 aliphatic heterocycles. The zero-order valence-electron chi connectivity index (χ0n) is 11.0.